The lowest BCUT2D eigenvalue weighted by Gasteiger charge is -2.31. The van der Waals surface area contributed by atoms with Crippen LogP contribution in [0, 0.1) is 0 Å². The lowest BCUT2D eigenvalue weighted by atomic mass is 9.94. The lowest BCUT2D eigenvalue weighted by Crippen LogP contribution is -2.29. The second kappa shape index (κ2) is 4.42. The topological polar surface area (TPSA) is 47.3 Å². The average Bonchev–Trinajstić information content (AvgIpc) is 3.01. The van der Waals surface area contributed by atoms with Gasteiger partial charge in [0, 0.05) is 19.1 Å². The highest BCUT2D eigenvalue weighted by atomic mass is 16.5. The van der Waals surface area contributed by atoms with Crippen molar-refractivity contribution in [3.05, 3.63) is 17.8 Å². The Morgan fingerprint density at radius 2 is 2.41 bits per heavy atom. The van der Waals surface area contributed by atoms with Gasteiger partial charge in [0.05, 0.1) is 6.20 Å². The molecule has 0 spiro atoms. The minimum atomic E-state index is -0.254. The summed E-state index contributed by atoms with van der Waals surface area (Å²) in [6, 6.07) is 0. The first-order chi connectivity index (χ1) is 8.28. The fourth-order valence-electron chi connectivity index (χ4n) is 2.71. The first-order valence-corrected chi connectivity index (χ1v) is 6.59. The molecule has 94 valence electrons. The molecule has 4 heteroatoms. The molecule has 0 aliphatic carbocycles. The van der Waals surface area contributed by atoms with Crippen LogP contribution in [0.3, 0.4) is 0 Å². The van der Waals surface area contributed by atoms with E-state index in [2.05, 4.69) is 17.2 Å². The third-order valence-electron chi connectivity index (χ3n) is 3.92. The van der Waals surface area contributed by atoms with Crippen molar-refractivity contribution in [2.45, 2.75) is 44.1 Å². The molecule has 0 amide bonds. The molecule has 2 fully saturated rings. The van der Waals surface area contributed by atoms with E-state index in [9.17, 15) is 0 Å². The smallest absolute Gasteiger partial charge is 0.198 e. The first kappa shape index (κ1) is 11.2. The highest BCUT2D eigenvalue weighted by Gasteiger charge is 2.34. The van der Waals surface area contributed by atoms with Gasteiger partial charge < -0.3 is 14.5 Å². The van der Waals surface area contributed by atoms with Gasteiger partial charge in [-0.05, 0) is 39.2 Å². The second-order valence-electron chi connectivity index (χ2n) is 5.29. The molecule has 3 rings (SSSR count). The Balaban J connectivity index is 1.78. The van der Waals surface area contributed by atoms with Crippen LogP contribution in [0.15, 0.2) is 10.6 Å². The molecule has 1 aromatic heterocycles. The highest BCUT2D eigenvalue weighted by molar-refractivity contribution is 5.09. The molecule has 0 aromatic carbocycles. The average molecular weight is 236 g/mol. The zero-order chi connectivity index (χ0) is 11.7. The van der Waals surface area contributed by atoms with E-state index in [1.165, 1.54) is 6.42 Å². The Bertz CT molecular complexity index is 377. The maximum atomic E-state index is 5.93. The largest absolute Gasteiger partial charge is 0.442 e. The van der Waals surface area contributed by atoms with Gasteiger partial charge in [0.15, 0.2) is 11.7 Å². The molecule has 2 aliphatic rings. The van der Waals surface area contributed by atoms with E-state index in [-0.39, 0.29) is 5.60 Å². The van der Waals surface area contributed by atoms with E-state index in [0.29, 0.717) is 5.92 Å². The van der Waals surface area contributed by atoms with Crippen LogP contribution in [-0.4, -0.2) is 24.7 Å². The number of oxazole rings is 1. The standard InChI is InChI=1S/C13H20N2O2/c1-13(5-2-3-7-16-13)11-9-15-12(17-11)10-4-6-14-8-10/h9-10,14H,2-8H2,1H3. The molecule has 2 unspecified atom stereocenters. The molecule has 2 aliphatic heterocycles. The summed E-state index contributed by atoms with van der Waals surface area (Å²) < 4.78 is 11.8. The van der Waals surface area contributed by atoms with E-state index < -0.39 is 0 Å². The van der Waals surface area contributed by atoms with Crippen LogP contribution in [0.4, 0.5) is 0 Å². The van der Waals surface area contributed by atoms with Gasteiger partial charge in [0.2, 0.25) is 0 Å². The van der Waals surface area contributed by atoms with Gasteiger partial charge in [0.25, 0.3) is 0 Å². The lowest BCUT2D eigenvalue weighted by molar-refractivity contribution is -0.0837. The number of nitrogens with zero attached hydrogens (tertiary/aromatic N) is 1. The molecular formula is C13H20N2O2. The predicted molar refractivity (Wildman–Crippen MR) is 63.9 cm³/mol. The van der Waals surface area contributed by atoms with Gasteiger partial charge in [-0.3, -0.25) is 0 Å². The van der Waals surface area contributed by atoms with Gasteiger partial charge in [0.1, 0.15) is 5.60 Å². The summed E-state index contributed by atoms with van der Waals surface area (Å²) in [5.74, 6) is 2.22. The second-order valence-corrected chi connectivity index (χ2v) is 5.29. The molecule has 4 nitrogen and oxygen atoms in total. The summed E-state index contributed by atoms with van der Waals surface area (Å²) in [6.45, 7) is 4.99. The van der Waals surface area contributed by atoms with Gasteiger partial charge in [-0.2, -0.15) is 0 Å². The van der Waals surface area contributed by atoms with Gasteiger partial charge in [-0.15, -0.1) is 0 Å². The van der Waals surface area contributed by atoms with Gasteiger partial charge in [-0.25, -0.2) is 4.98 Å². The molecule has 1 aromatic rings. The Morgan fingerprint density at radius 3 is 3.12 bits per heavy atom. The van der Waals surface area contributed by atoms with Crippen molar-refractivity contribution >= 4 is 0 Å². The molecule has 1 N–H and O–H groups in total. The Hall–Kier alpha value is -0.870. The maximum Gasteiger partial charge on any atom is 0.198 e. The van der Waals surface area contributed by atoms with Crippen molar-refractivity contribution in [1.29, 1.82) is 0 Å². The van der Waals surface area contributed by atoms with E-state index in [1.807, 2.05) is 6.20 Å². The highest BCUT2D eigenvalue weighted by Crippen LogP contribution is 2.36. The summed E-state index contributed by atoms with van der Waals surface area (Å²) in [7, 11) is 0. The van der Waals surface area contributed by atoms with Crippen LogP contribution >= 0.6 is 0 Å². The Morgan fingerprint density at radius 1 is 1.47 bits per heavy atom. The van der Waals surface area contributed by atoms with Crippen molar-refractivity contribution in [3.63, 3.8) is 0 Å². The third kappa shape index (κ3) is 2.11. The molecular weight excluding hydrogens is 216 g/mol. The number of rotatable bonds is 2. The molecule has 0 bridgehead atoms. The van der Waals surface area contributed by atoms with E-state index >= 15 is 0 Å². The van der Waals surface area contributed by atoms with Crippen molar-refractivity contribution in [1.82, 2.24) is 10.3 Å². The number of nitrogens with one attached hydrogen (secondary N) is 1. The summed E-state index contributed by atoms with van der Waals surface area (Å²) in [5, 5.41) is 3.34. The Kier molecular flexibility index (Phi) is 2.92. The summed E-state index contributed by atoms with van der Waals surface area (Å²) >= 11 is 0. The number of aromatic nitrogens is 1. The quantitative estimate of drug-likeness (QED) is 0.855. The third-order valence-corrected chi connectivity index (χ3v) is 3.92. The van der Waals surface area contributed by atoms with Crippen LogP contribution in [0.5, 0.6) is 0 Å². The molecule has 2 atom stereocenters. The van der Waals surface area contributed by atoms with E-state index in [0.717, 1.165) is 50.6 Å². The van der Waals surface area contributed by atoms with E-state index in [4.69, 9.17) is 9.15 Å². The van der Waals surface area contributed by atoms with Crippen molar-refractivity contribution in [2.24, 2.45) is 0 Å². The summed E-state index contributed by atoms with van der Waals surface area (Å²) in [6.07, 6.45) is 6.38. The normalized spacial score (nSPS) is 34.1. The van der Waals surface area contributed by atoms with Crippen molar-refractivity contribution in [3.8, 4) is 0 Å². The van der Waals surface area contributed by atoms with Crippen LogP contribution < -0.4 is 5.32 Å². The van der Waals surface area contributed by atoms with Gasteiger partial charge in [-0.1, -0.05) is 0 Å². The fraction of sp³-hybridized carbons (Fsp3) is 0.769. The van der Waals surface area contributed by atoms with Crippen LogP contribution in [0.1, 0.15) is 50.2 Å². The fourth-order valence-corrected chi connectivity index (χ4v) is 2.71. The molecule has 0 radical (unpaired) electrons. The van der Waals surface area contributed by atoms with Crippen LogP contribution in [0.2, 0.25) is 0 Å². The number of ether oxygens (including phenoxy) is 1. The summed E-state index contributed by atoms with van der Waals surface area (Å²) in [5.41, 5.74) is -0.254. The molecule has 2 saturated heterocycles. The molecule has 0 saturated carbocycles. The zero-order valence-corrected chi connectivity index (χ0v) is 10.4. The minimum Gasteiger partial charge on any atom is -0.442 e. The molecule has 3 heterocycles. The Labute approximate surface area is 102 Å². The molecule has 17 heavy (non-hydrogen) atoms. The van der Waals surface area contributed by atoms with E-state index in [1.54, 1.807) is 0 Å². The maximum absolute atomic E-state index is 5.93. The SMILES string of the molecule is CC1(c2cnc(C3CCNC3)o2)CCCCO1. The van der Waals surface area contributed by atoms with Gasteiger partial charge >= 0.3 is 0 Å². The predicted octanol–water partition coefficient (Wildman–Crippen LogP) is 2.17. The monoisotopic (exact) mass is 236 g/mol. The van der Waals surface area contributed by atoms with Crippen LogP contribution in [0.25, 0.3) is 0 Å². The zero-order valence-electron chi connectivity index (χ0n) is 10.4. The number of hydrogen-bond donors (Lipinski definition) is 1. The number of hydrogen-bond acceptors (Lipinski definition) is 4. The minimum absolute atomic E-state index is 0.254. The van der Waals surface area contributed by atoms with Crippen molar-refractivity contribution in [2.75, 3.05) is 19.7 Å². The van der Waals surface area contributed by atoms with Crippen molar-refractivity contribution < 1.29 is 9.15 Å². The first-order valence-electron chi connectivity index (χ1n) is 6.59. The van der Waals surface area contributed by atoms with Crippen LogP contribution in [-0.2, 0) is 10.3 Å². The summed E-state index contributed by atoms with van der Waals surface area (Å²) in [4.78, 5) is 4.43.